The Hall–Kier alpha value is -3.15. The molecule has 2 aromatic heterocycles. The van der Waals surface area contributed by atoms with Gasteiger partial charge in [0.1, 0.15) is 5.75 Å². The predicted molar refractivity (Wildman–Crippen MR) is 79.0 cm³/mol. The van der Waals surface area contributed by atoms with Gasteiger partial charge in [0.05, 0.1) is 0 Å². The van der Waals surface area contributed by atoms with E-state index in [9.17, 15) is 9.90 Å². The lowest BCUT2D eigenvalue weighted by molar-refractivity contribution is 0.0942. The molecule has 0 saturated heterocycles. The van der Waals surface area contributed by atoms with Crippen LogP contribution in [0.2, 0.25) is 0 Å². The summed E-state index contributed by atoms with van der Waals surface area (Å²) in [6.07, 6.45) is 3.36. The number of benzene rings is 1. The molecule has 6 nitrogen and oxygen atoms in total. The highest BCUT2D eigenvalue weighted by Crippen LogP contribution is 2.22. The molecule has 0 atom stereocenters. The topological polar surface area (TPSA) is 88.2 Å². The van der Waals surface area contributed by atoms with Gasteiger partial charge in [-0.1, -0.05) is 11.2 Å². The van der Waals surface area contributed by atoms with Crippen LogP contribution in [-0.4, -0.2) is 21.2 Å². The van der Waals surface area contributed by atoms with Crippen LogP contribution in [-0.2, 0) is 6.54 Å². The average molecular weight is 295 g/mol. The number of hydrogen-bond acceptors (Lipinski definition) is 5. The molecule has 110 valence electrons. The molecule has 0 aliphatic rings. The minimum atomic E-state index is -0.322. The van der Waals surface area contributed by atoms with Crippen molar-refractivity contribution in [1.29, 1.82) is 0 Å². The zero-order valence-electron chi connectivity index (χ0n) is 11.6. The van der Waals surface area contributed by atoms with Gasteiger partial charge in [0, 0.05) is 30.6 Å². The van der Waals surface area contributed by atoms with Gasteiger partial charge in [0.25, 0.3) is 5.91 Å². The molecule has 1 aromatic carbocycles. The largest absolute Gasteiger partial charge is 0.508 e. The van der Waals surface area contributed by atoms with E-state index in [1.807, 2.05) is 6.07 Å². The van der Waals surface area contributed by atoms with Gasteiger partial charge < -0.3 is 14.9 Å². The highest BCUT2D eigenvalue weighted by molar-refractivity contribution is 5.93. The second-order valence-corrected chi connectivity index (χ2v) is 4.67. The number of nitrogens with zero attached hydrogens (tertiary/aromatic N) is 2. The van der Waals surface area contributed by atoms with Gasteiger partial charge in [0.15, 0.2) is 11.5 Å². The molecule has 2 heterocycles. The van der Waals surface area contributed by atoms with E-state index in [-0.39, 0.29) is 17.4 Å². The molecule has 0 radical (unpaired) electrons. The van der Waals surface area contributed by atoms with Crippen LogP contribution in [0.1, 0.15) is 16.1 Å². The molecule has 3 aromatic rings. The first-order chi connectivity index (χ1) is 10.7. The normalized spacial score (nSPS) is 10.4. The van der Waals surface area contributed by atoms with Crippen LogP contribution in [0, 0.1) is 0 Å². The van der Waals surface area contributed by atoms with Crippen molar-refractivity contribution >= 4 is 5.91 Å². The Morgan fingerprint density at radius 2 is 2.05 bits per heavy atom. The number of rotatable bonds is 4. The van der Waals surface area contributed by atoms with Gasteiger partial charge in [-0.15, -0.1) is 0 Å². The summed E-state index contributed by atoms with van der Waals surface area (Å²) < 4.78 is 5.16. The molecule has 6 heteroatoms. The molecule has 0 aliphatic heterocycles. The molecule has 0 spiro atoms. The van der Waals surface area contributed by atoms with Crippen molar-refractivity contribution < 1.29 is 14.4 Å². The fourth-order valence-corrected chi connectivity index (χ4v) is 1.92. The number of phenolic OH excluding ortho intramolecular Hbond substituents is 1. The Morgan fingerprint density at radius 1 is 1.23 bits per heavy atom. The molecule has 0 bridgehead atoms. The van der Waals surface area contributed by atoms with Crippen molar-refractivity contribution in [2.45, 2.75) is 6.54 Å². The first-order valence-corrected chi connectivity index (χ1v) is 6.65. The van der Waals surface area contributed by atoms with Crippen molar-refractivity contribution in [2.75, 3.05) is 0 Å². The van der Waals surface area contributed by atoms with Crippen molar-refractivity contribution in [3.8, 4) is 17.1 Å². The summed E-state index contributed by atoms with van der Waals surface area (Å²) in [5.74, 6) is 0.307. The van der Waals surface area contributed by atoms with Gasteiger partial charge >= 0.3 is 0 Å². The van der Waals surface area contributed by atoms with Gasteiger partial charge in [-0.05, 0) is 35.9 Å². The van der Waals surface area contributed by atoms with E-state index in [1.165, 1.54) is 0 Å². The third kappa shape index (κ3) is 3.12. The first kappa shape index (κ1) is 13.8. The highest BCUT2D eigenvalue weighted by Gasteiger charge is 2.13. The van der Waals surface area contributed by atoms with Crippen molar-refractivity contribution in [2.24, 2.45) is 0 Å². The molecule has 3 rings (SSSR count). The second kappa shape index (κ2) is 6.09. The van der Waals surface area contributed by atoms with E-state index >= 15 is 0 Å². The average Bonchev–Trinajstić information content (AvgIpc) is 3.04. The maximum absolute atomic E-state index is 12.0. The van der Waals surface area contributed by atoms with E-state index in [1.54, 1.807) is 48.8 Å². The van der Waals surface area contributed by atoms with Crippen LogP contribution in [0.5, 0.6) is 5.75 Å². The number of aromatic hydroxyl groups is 1. The van der Waals surface area contributed by atoms with Crippen LogP contribution in [0.25, 0.3) is 11.3 Å². The van der Waals surface area contributed by atoms with Crippen LogP contribution in [0.15, 0.2) is 59.4 Å². The van der Waals surface area contributed by atoms with Crippen molar-refractivity contribution in [3.05, 3.63) is 66.1 Å². The minimum Gasteiger partial charge on any atom is -0.508 e. The smallest absolute Gasteiger partial charge is 0.273 e. The third-order valence-electron chi connectivity index (χ3n) is 3.07. The summed E-state index contributed by atoms with van der Waals surface area (Å²) in [6, 6.07) is 11.7. The number of carbonyl (C=O) groups excluding carboxylic acids is 1. The zero-order valence-corrected chi connectivity index (χ0v) is 11.6. The Bertz CT molecular complexity index is 767. The minimum absolute atomic E-state index is 0.165. The molecule has 0 aliphatic carbocycles. The van der Waals surface area contributed by atoms with E-state index < -0.39 is 0 Å². The second-order valence-electron chi connectivity index (χ2n) is 4.67. The van der Waals surface area contributed by atoms with Gasteiger partial charge in [-0.2, -0.15) is 0 Å². The van der Waals surface area contributed by atoms with Gasteiger partial charge in [-0.25, -0.2) is 0 Å². The number of amides is 1. The Kier molecular flexibility index (Phi) is 3.82. The Morgan fingerprint density at radius 3 is 2.77 bits per heavy atom. The lowest BCUT2D eigenvalue weighted by Gasteiger charge is -2.01. The molecule has 0 fully saturated rings. The number of phenols is 1. The fourth-order valence-electron chi connectivity index (χ4n) is 1.92. The number of carbonyl (C=O) groups is 1. The molecule has 1 amide bonds. The summed E-state index contributed by atoms with van der Waals surface area (Å²) in [6.45, 7) is 0.369. The number of hydrogen-bond donors (Lipinski definition) is 2. The Labute approximate surface area is 126 Å². The van der Waals surface area contributed by atoms with E-state index in [0.29, 0.717) is 12.3 Å². The standard InChI is InChI=1S/C16H13N3O3/c20-13-5-3-12(4-6-13)15-8-14(19-22-15)16(21)18-10-11-2-1-7-17-9-11/h1-9,20H,10H2,(H,18,21). The van der Waals surface area contributed by atoms with Gasteiger partial charge in [0.2, 0.25) is 0 Å². The van der Waals surface area contributed by atoms with Crippen LogP contribution in [0.4, 0.5) is 0 Å². The van der Waals surface area contributed by atoms with Crippen molar-refractivity contribution in [1.82, 2.24) is 15.5 Å². The predicted octanol–water partition coefficient (Wildman–Crippen LogP) is 2.37. The molecule has 22 heavy (non-hydrogen) atoms. The number of pyridine rings is 1. The fraction of sp³-hybridized carbons (Fsp3) is 0.0625. The van der Waals surface area contributed by atoms with E-state index in [2.05, 4.69) is 15.5 Å². The summed E-state index contributed by atoms with van der Waals surface area (Å²) in [5, 5.41) is 15.8. The number of nitrogens with one attached hydrogen (secondary N) is 1. The molecular weight excluding hydrogens is 282 g/mol. The summed E-state index contributed by atoms with van der Waals surface area (Å²) >= 11 is 0. The SMILES string of the molecule is O=C(NCc1cccnc1)c1cc(-c2ccc(O)cc2)on1. The third-order valence-corrected chi connectivity index (χ3v) is 3.07. The highest BCUT2D eigenvalue weighted by atomic mass is 16.5. The maximum atomic E-state index is 12.0. The van der Waals surface area contributed by atoms with Crippen LogP contribution >= 0.6 is 0 Å². The molecule has 0 unspecified atom stereocenters. The molecular formula is C16H13N3O3. The monoisotopic (exact) mass is 295 g/mol. The van der Waals surface area contributed by atoms with Crippen molar-refractivity contribution in [3.63, 3.8) is 0 Å². The maximum Gasteiger partial charge on any atom is 0.273 e. The number of aromatic nitrogens is 2. The van der Waals surface area contributed by atoms with E-state index in [4.69, 9.17) is 4.52 Å². The summed E-state index contributed by atoms with van der Waals surface area (Å²) in [4.78, 5) is 16.0. The zero-order chi connectivity index (χ0) is 15.4. The summed E-state index contributed by atoms with van der Waals surface area (Å²) in [5.41, 5.74) is 1.83. The van der Waals surface area contributed by atoms with Crippen LogP contribution in [0.3, 0.4) is 0 Å². The summed E-state index contributed by atoms with van der Waals surface area (Å²) in [7, 11) is 0. The Balaban J connectivity index is 1.68. The lowest BCUT2D eigenvalue weighted by Crippen LogP contribution is -2.23. The molecule has 2 N–H and O–H groups in total. The van der Waals surface area contributed by atoms with E-state index in [0.717, 1.165) is 11.1 Å². The lowest BCUT2D eigenvalue weighted by atomic mass is 10.1. The molecule has 0 saturated carbocycles. The quantitative estimate of drug-likeness (QED) is 0.771. The first-order valence-electron chi connectivity index (χ1n) is 6.65. The van der Waals surface area contributed by atoms with Crippen LogP contribution < -0.4 is 5.32 Å². The van der Waals surface area contributed by atoms with Gasteiger partial charge in [-0.3, -0.25) is 9.78 Å².